The van der Waals surface area contributed by atoms with Crippen molar-refractivity contribution in [3.05, 3.63) is 17.8 Å². The molecule has 1 unspecified atom stereocenters. The van der Waals surface area contributed by atoms with E-state index in [0.29, 0.717) is 18.8 Å². The van der Waals surface area contributed by atoms with E-state index in [4.69, 9.17) is 5.73 Å². The van der Waals surface area contributed by atoms with Crippen molar-refractivity contribution in [2.45, 2.75) is 18.9 Å². The second-order valence-electron chi connectivity index (χ2n) is 4.33. The summed E-state index contributed by atoms with van der Waals surface area (Å²) in [6.45, 7) is 0.540. The van der Waals surface area contributed by atoms with Crippen LogP contribution in [0.15, 0.2) is 12.3 Å². The highest BCUT2D eigenvalue weighted by molar-refractivity contribution is 5.95. The highest BCUT2D eigenvalue weighted by Crippen LogP contribution is 2.17. The second-order valence-corrected chi connectivity index (χ2v) is 4.33. The number of nitrogens with zero attached hydrogens (tertiary/aromatic N) is 1. The van der Waals surface area contributed by atoms with Gasteiger partial charge in [0, 0.05) is 19.0 Å². The fourth-order valence-electron chi connectivity index (χ4n) is 1.90. The Balaban J connectivity index is 2.08. The number of esters is 1. The summed E-state index contributed by atoms with van der Waals surface area (Å²) in [4.78, 5) is 26.7. The largest absolute Gasteiger partial charge is 0.465 e. The summed E-state index contributed by atoms with van der Waals surface area (Å²) in [5.74, 6) is 0.0919. The Bertz CT molecular complexity index is 494. The van der Waals surface area contributed by atoms with Gasteiger partial charge in [0.15, 0.2) is 0 Å². The van der Waals surface area contributed by atoms with Crippen LogP contribution in [-0.2, 0) is 9.53 Å². The first-order valence-electron chi connectivity index (χ1n) is 5.97. The van der Waals surface area contributed by atoms with Crippen molar-refractivity contribution in [3.8, 4) is 0 Å². The molecule has 19 heavy (non-hydrogen) atoms. The predicted molar refractivity (Wildman–Crippen MR) is 69.6 cm³/mol. The number of hydrogen-bond acceptors (Lipinski definition) is 6. The van der Waals surface area contributed by atoms with E-state index in [1.165, 1.54) is 13.3 Å². The van der Waals surface area contributed by atoms with Gasteiger partial charge in [0.05, 0.1) is 24.6 Å². The molecule has 0 aromatic carbocycles. The molecule has 0 radical (unpaired) electrons. The van der Waals surface area contributed by atoms with Crippen LogP contribution in [0.2, 0.25) is 0 Å². The number of anilines is 2. The number of nitrogens with one attached hydrogen (secondary N) is 2. The van der Waals surface area contributed by atoms with E-state index in [1.54, 1.807) is 6.07 Å². The molecular weight excluding hydrogens is 248 g/mol. The first-order chi connectivity index (χ1) is 9.10. The minimum Gasteiger partial charge on any atom is -0.465 e. The number of ether oxygens (including phenoxy) is 1. The fourth-order valence-corrected chi connectivity index (χ4v) is 1.90. The summed E-state index contributed by atoms with van der Waals surface area (Å²) in [6.07, 6.45) is 2.62. The highest BCUT2D eigenvalue weighted by atomic mass is 16.5. The standard InChI is InChI=1S/C12H16N4O3/c1-19-12(18)8-4-10(14-6-9(8)13)16-7-2-3-11(17)15-5-7/h4,6-7H,2-3,5,13H2,1H3,(H,14,16)(H,15,17). The lowest BCUT2D eigenvalue weighted by molar-refractivity contribution is -0.122. The minimum atomic E-state index is -0.500. The number of carbonyl (C=O) groups excluding carboxylic acids is 2. The average molecular weight is 264 g/mol. The van der Waals surface area contributed by atoms with Gasteiger partial charge in [0.1, 0.15) is 5.82 Å². The molecule has 1 aromatic rings. The van der Waals surface area contributed by atoms with Gasteiger partial charge in [0.25, 0.3) is 0 Å². The van der Waals surface area contributed by atoms with Gasteiger partial charge < -0.3 is 21.1 Å². The number of nitrogen functional groups attached to an aromatic ring is 1. The van der Waals surface area contributed by atoms with Gasteiger partial charge in [-0.1, -0.05) is 0 Å². The molecule has 1 aliphatic heterocycles. The van der Waals surface area contributed by atoms with Crippen molar-refractivity contribution in [2.24, 2.45) is 0 Å². The Morgan fingerprint density at radius 3 is 3.05 bits per heavy atom. The summed E-state index contributed by atoms with van der Waals surface area (Å²) >= 11 is 0. The van der Waals surface area contributed by atoms with Crippen molar-refractivity contribution in [1.29, 1.82) is 0 Å². The molecule has 102 valence electrons. The predicted octanol–water partition coefficient (Wildman–Crippen LogP) is 0.141. The molecule has 7 heteroatoms. The number of hydrogen-bond donors (Lipinski definition) is 3. The van der Waals surface area contributed by atoms with Crippen LogP contribution >= 0.6 is 0 Å². The highest BCUT2D eigenvalue weighted by Gasteiger charge is 2.19. The quantitative estimate of drug-likeness (QED) is 0.670. The number of nitrogens with two attached hydrogens (primary N) is 1. The van der Waals surface area contributed by atoms with E-state index >= 15 is 0 Å². The monoisotopic (exact) mass is 264 g/mol. The molecule has 2 heterocycles. The zero-order valence-corrected chi connectivity index (χ0v) is 10.6. The first kappa shape index (κ1) is 13.1. The molecule has 0 spiro atoms. The van der Waals surface area contributed by atoms with Crippen molar-refractivity contribution in [2.75, 3.05) is 24.7 Å². The minimum absolute atomic E-state index is 0.0542. The van der Waals surface area contributed by atoms with Crippen LogP contribution in [0, 0.1) is 0 Å². The third-order valence-electron chi connectivity index (χ3n) is 2.96. The van der Waals surface area contributed by atoms with Crippen LogP contribution < -0.4 is 16.4 Å². The van der Waals surface area contributed by atoms with Gasteiger partial charge >= 0.3 is 5.97 Å². The van der Waals surface area contributed by atoms with E-state index in [0.717, 1.165) is 6.42 Å². The van der Waals surface area contributed by atoms with Crippen LogP contribution in [0.25, 0.3) is 0 Å². The number of rotatable bonds is 3. The number of piperidine rings is 1. The lowest BCUT2D eigenvalue weighted by atomic mass is 10.1. The molecule has 1 aromatic heterocycles. The summed E-state index contributed by atoms with van der Waals surface area (Å²) < 4.78 is 4.64. The van der Waals surface area contributed by atoms with Crippen LogP contribution in [0.5, 0.6) is 0 Å². The van der Waals surface area contributed by atoms with E-state index in [9.17, 15) is 9.59 Å². The lowest BCUT2D eigenvalue weighted by Crippen LogP contribution is -2.42. The van der Waals surface area contributed by atoms with Gasteiger partial charge in [-0.2, -0.15) is 0 Å². The average Bonchev–Trinajstić information content (AvgIpc) is 2.42. The van der Waals surface area contributed by atoms with Crippen LogP contribution in [0.4, 0.5) is 11.5 Å². The second kappa shape index (κ2) is 5.55. The molecule has 1 amide bonds. The maximum atomic E-state index is 11.5. The lowest BCUT2D eigenvalue weighted by Gasteiger charge is -2.24. The SMILES string of the molecule is COC(=O)c1cc(NC2CCC(=O)NC2)ncc1N. The van der Waals surface area contributed by atoms with Crippen LogP contribution in [0.3, 0.4) is 0 Å². The molecule has 7 nitrogen and oxygen atoms in total. The van der Waals surface area contributed by atoms with Crippen molar-refractivity contribution < 1.29 is 14.3 Å². The molecule has 0 saturated carbocycles. The Kier molecular flexibility index (Phi) is 3.84. The van der Waals surface area contributed by atoms with Gasteiger partial charge in [0.2, 0.25) is 5.91 Å². The Morgan fingerprint density at radius 2 is 2.42 bits per heavy atom. The van der Waals surface area contributed by atoms with Crippen molar-refractivity contribution in [3.63, 3.8) is 0 Å². The topological polar surface area (TPSA) is 106 Å². The summed E-state index contributed by atoms with van der Waals surface area (Å²) in [6, 6.07) is 1.65. The van der Waals surface area contributed by atoms with E-state index < -0.39 is 5.97 Å². The Labute approximate surface area is 110 Å². The number of carbonyl (C=O) groups is 2. The van der Waals surface area contributed by atoms with Crippen LogP contribution in [-0.4, -0.2) is 36.6 Å². The zero-order chi connectivity index (χ0) is 13.8. The molecule has 0 bridgehead atoms. The van der Waals surface area contributed by atoms with Gasteiger partial charge in [-0.05, 0) is 12.5 Å². The van der Waals surface area contributed by atoms with Gasteiger partial charge in [-0.3, -0.25) is 4.79 Å². The van der Waals surface area contributed by atoms with Crippen LogP contribution in [0.1, 0.15) is 23.2 Å². The number of amides is 1. The van der Waals surface area contributed by atoms with Crippen molar-refractivity contribution >= 4 is 23.4 Å². The molecule has 0 aliphatic carbocycles. The molecular formula is C12H16N4O3. The molecule has 4 N–H and O–H groups in total. The number of pyridine rings is 1. The fraction of sp³-hybridized carbons (Fsp3) is 0.417. The summed E-state index contributed by atoms with van der Waals surface area (Å²) in [5.41, 5.74) is 6.22. The van der Waals surface area contributed by atoms with E-state index in [2.05, 4.69) is 20.4 Å². The normalized spacial score (nSPS) is 18.6. The summed E-state index contributed by atoms with van der Waals surface area (Å²) in [5, 5.41) is 5.93. The molecule has 2 rings (SSSR count). The maximum absolute atomic E-state index is 11.5. The molecule has 1 saturated heterocycles. The number of aromatic nitrogens is 1. The third-order valence-corrected chi connectivity index (χ3v) is 2.96. The molecule has 1 atom stereocenters. The Morgan fingerprint density at radius 1 is 1.63 bits per heavy atom. The third kappa shape index (κ3) is 3.12. The van der Waals surface area contributed by atoms with E-state index in [-0.39, 0.29) is 23.2 Å². The first-order valence-corrected chi connectivity index (χ1v) is 5.97. The number of methoxy groups -OCH3 is 1. The Hall–Kier alpha value is -2.31. The maximum Gasteiger partial charge on any atom is 0.340 e. The summed E-state index contributed by atoms with van der Waals surface area (Å²) in [7, 11) is 1.30. The zero-order valence-electron chi connectivity index (χ0n) is 10.6. The van der Waals surface area contributed by atoms with Crippen molar-refractivity contribution in [1.82, 2.24) is 10.3 Å². The van der Waals surface area contributed by atoms with Gasteiger partial charge in [-0.25, -0.2) is 9.78 Å². The van der Waals surface area contributed by atoms with Gasteiger partial charge in [-0.15, -0.1) is 0 Å². The smallest absolute Gasteiger partial charge is 0.340 e. The van der Waals surface area contributed by atoms with E-state index in [1.807, 2.05) is 0 Å². The molecule has 1 fully saturated rings. The molecule has 1 aliphatic rings.